The fourth-order valence-corrected chi connectivity index (χ4v) is 2.69. The van der Waals surface area contributed by atoms with Crippen molar-refractivity contribution in [1.29, 1.82) is 0 Å². The van der Waals surface area contributed by atoms with Crippen LogP contribution in [0.15, 0.2) is 0 Å². The molecule has 3 heteroatoms. The molecule has 1 aliphatic heterocycles. The highest BCUT2D eigenvalue weighted by Gasteiger charge is 2.29. The van der Waals surface area contributed by atoms with E-state index in [2.05, 4.69) is 20.8 Å². The first kappa shape index (κ1) is 14.8. The van der Waals surface area contributed by atoms with Crippen molar-refractivity contribution < 1.29 is 4.79 Å². The Bertz CT molecular complexity index is 259. The van der Waals surface area contributed by atoms with Crippen LogP contribution in [0.1, 0.15) is 47.0 Å². The molecule has 0 saturated carbocycles. The predicted molar refractivity (Wildman–Crippen MR) is 73.3 cm³/mol. The van der Waals surface area contributed by atoms with E-state index in [0.717, 1.165) is 31.8 Å². The van der Waals surface area contributed by atoms with E-state index in [9.17, 15) is 4.79 Å². The van der Waals surface area contributed by atoms with Crippen molar-refractivity contribution in [2.45, 2.75) is 47.0 Å². The van der Waals surface area contributed by atoms with Gasteiger partial charge in [-0.25, -0.2) is 0 Å². The maximum absolute atomic E-state index is 12.1. The third-order valence-corrected chi connectivity index (χ3v) is 4.38. The summed E-state index contributed by atoms with van der Waals surface area (Å²) in [7, 11) is 0. The minimum atomic E-state index is -0.0390. The van der Waals surface area contributed by atoms with Crippen LogP contribution in [0, 0.1) is 17.3 Å². The zero-order chi connectivity index (χ0) is 13.1. The lowest BCUT2D eigenvalue weighted by atomic mass is 9.77. The Labute approximate surface area is 111 Å². The molecule has 1 fully saturated rings. The van der Waals surface area contributed by atoms with Gasteiger partial charge in [0.15, 0.2) is 0 Å². The van der Waals surface area contributed by atoms with Crippen LogP contribution in [-0.2, 0) is 4.79 Å². The highest BCUT2D eigenvalue weighted by Crippen LogP contribution is 2.34. The first-order valence-corrected chi connectivity index (χ1v) is 7.24. The standard InChI is InChI=1S/C14H26ClNO/c1-11(10-15)13(17)16-8-5-6-12(7-9-16)14(2,3)4/h11-12H,5-10H2,1-4H3. The van der Waals surface area contributed by atoms with Gasteiger partial charge in [0.05, 0.1) is 0 Å². The van der Waals surface area contributed by atoms with Gasteiger partial charge in [-0.15, -0.1) is 11.6 Å². The minimum Gasteiger partial charge on any atom is -0.342 e. The molecule has 0 bridgehead atoms. The van der Waals surface area contributed by atoms with E-state index in [-0.39, 0.29) is 11.8 Å². The van der Waals surface area contributed by atoms with Crippen LogP contribution in [0.5, 0.6) is 0 Å². The molecule has 0 aromatic carbocycles. The summed E-state index contributed by atoms with van der Waals surface area (Å²) < 4.78 is 0. The number of hydrogen-bond acceptors (Lipinski definition) is 1. The first-order chi connectivity index (χ1) is 7.86. The summed E-state index contributed by atoms with van der Waals surface area (Å²) in [6.45, 7) is 10.6. The van der Waals surface area contributed by atoms with Crippen molar-refractivity contribution in [3.8, 4) is 0 Å². The molecule has 0 spiro atoms. The predicted octanol–water partition coefficient (Wildman–Crippen LogP) is 3.54. The van der Waals surface area contributed by atoms with E-state index in [1.807, 2.05) is 11.8 Å². The summed E-state index contributed by atoms with van der Waals surface area (Å²) in [6.07, 6.45) is 3.50. The van der Waals surface area contributed by atoms with E-state index in [0.29, 0.717) is 11.3 Å². The maximum atomic E-state index is 12.1. The molecule has 100 valence electrons. The van der Waals surface area contributed by atoms with Crippen molar-refractivity contribution in [2.75, 3.05) is 19.0 Å². The summed E-state index contributed by atoms with van der Waals surface area (Å²) in [5, 5.41) is 0. The van der Waals surface area contributed by atoms with E-state index in [1.165, 1.54) is 6.42 Å². The fraction of sp³-hybridized carbons (Fsp3) is 0.929. The van der Waals surface area contributed by atoms with Gasteiger partial charge in [0.2, 0.25) is 5.91 Å². The van der Waals surface area contributed by atoms with Gasteiger partial charge in [-0.1, -0.05) is 27.7 Å². The molecule has 2 unspecified atom stereocenters. The van der Waals surface area contributed by atoms with Gasteiger partial charge < -0.3 is 4.90 Å². The van der Waals surface area contributed by atoms with Crippen LogP contribution in [-0.4, -0.2) is 29.8 Å². The van der Waals surface area contributed by atoms with Gasteiger partial charge in [0.1, 0.15) is 0 Å². The van der Waals surface area contributed by atoms with Crippen LogP contribution in [0.3, 0.4) is 0 Å². The average molecular weight is 260 g/mol. The number of alkyl halides is 1. The SMILES string of the molecule is CC(CCl)C(=O)N1CCCC(C(C)(C)C)CC1. The Morgan fingerprint density at radius 2 is 2.00 bits per heavy atom. The van der Waals surface area contributed by atoms with Gasteiger partial charge in [0.25, 0.3) is 0 Å². The zero-order valence-electron chi connectivity index (χ0n) is 11.6. The number of likely N-dealkylation sites (tertiary alicyclic amines) is 1. The normalized spacial score (nSPS) is 24.3. The van der Waals surface area contributed by atoms with Gasteiger partial charge >= 0.3 is 0 Å². The lowest BCUT2D eigenvalue weighted by Gasteiger charge is -2.30. The summed E-state index contributed by atoms with van der Waals surface area (Å²) in [4.78, 5) is 14.1. The van der Waals surface area contributed by atoms with Crippen LogP contribution < -0.4 is 0 Å². The summed E-state index contributed by atoms with van der Waals surface area (Å²) >= 11 is 5.76. The van der Waals surface area contributed by atoms with Crippen molar-refractivity contribution in [2.24, 2.45) is 17.3 Å². The minimum absolute atomic E-state index is 0.0390. The number of carbonyl (C=O) groups is 1. The average Bonchev–Trinajstić information content (AvgIpc) is 2.51. The number of amides is 1. The molecular formula is C14H26ClNO. The van der Waals surface area contributed by atoms with E-state index < -0.39 is 0 Å². The van der Waals surface area contributed by atoms with Crippen LogP contribution in [0.25, 0.3) is 0 Å². The Kier molecular flexibility index (Phi) is 5.30. The lowest BCUT2D eigenvalue weighted by Crippen LogP contribution is -2.36. The monoisotopic (exact) mass is 259 g/mol. The van der Waals surface area contributed by atoms with Crippen molar-refractivity contribution in [3.05, 3.63) is 0 Å². The van der Waals surface area contributed by atoms with Crippen LogP contribution >= 0.6 is 11.6 Å². The van der Waals surface area contributed by atoms with Crippen LogP contribution in [0.2, 0.25) is 0 Å². The molecule has 17 heavy (non-hydrogen) atoms. The molecule has 0 aromatic heterocycles. The van der Waals surface area contributed by atoms with Gasteiger partial charge in [-0.2, -0.15) is 0 Å². The molecule has 1 aliphatic rings. The molecule has 1 rings (SSSR count). The second-order valence-corrected chi connectivity index (χ2v) is 6.68. The Morgan fingerprint density at radius 3 is 2.53 bits per heavy atom. The van der Waals surface area contributed by atoms with E-state index in [4.69, 9.17) is 11.6 Å². The molecule has 2 atom stereocenters. The number of carbonyl (C=O) groups excluding carboxylic acids is 1. The molecule has 0 aromatic rings. The van der Waals surface area contributed by atoms with Crippen molar-refractivity contribution >= 4 is 17.5 Å². The number of hydrogen-bond donors (Lipinski definition) is 0. The molecule has 0 aliphatic carbocycles. The summed E-state index contributed by atoms with van der Waals surface area (Å²) in [5.74, 6) is 1.35. The smallest absolute Gasteiger partial charge is 0.226 e. The molecule has 2 nitrogen and oxygen atoms in total. The van der Waals surface area contributed by atoms with Gasteiger partial charge in [0, 0.05) is 24.9 Å². The van der Waals surface area contributed by atoms with Crippen molar-refractivity contribution in [3.63, 3.8) is 0 Å². The Hall–Kier alpha value is -0.240. The second-order valence-electron chi connectivity index (χ2n) is 6.37. The molecule has 1 heterocycles. The van der Waals surface area contributed by atoms with Gasteiger partial charge in [-0.3, -0.25) is 4.79 Å². The van der Waals surface area contributed by atoms with E-state index >= 15 is 0 Å². The highest BCUT2D eigenvalue weighted by atomic mass is 35.5. The third kappa shape index (κ3) is 4.17. The number of nitrogens with zero attached hydrogens (tertiary/aromatic N) is 1. The largest absolute Gasteiger partial charge is 0.342 e. The molecule has 0 N–H and O–H groups in total. The summed E-state index contributed by atoms with van der Waals surface area (Å²) in [5.41, 5.74) is 0.358. The lowest BCUT2D eigenvalue weighted by molar-refractivity contribution is -0.134. The Morgan fingerprint density at radius 1 is 1.35 bits per heavy atom. The number of halogens is 1. The zero-order valence-corrected chi connectivity index (χ0v) is 12.4. The molecule has 1 saturated heterocycles. The number of rotatable bonds is 2. The fourth-order valence-electron chi connectivity index (χ4n) is 2.56. The molecular weight excluding hydrogens is 234 g/mol. The molecule has 1 amide bonds. The first-order valence-electron chi connectivity index (χ1n) is 6.71. The topological polar surface area (TPSA) is 20.3 Å². The van der Waals surface area contributed by atoms with Crippen LogP contribution in [0.4, 0.5) is 0 Å². The summed E-state index contributed by atoms with van der Waals surface area (Å²) in [6, 6.07) is 0. The third-order valence-electron chi connectivity index (χ3n) is 3.92. The second kappa shape index (κ2) is 6.08. The van der Waals surface area contributed by atoms with Crippen molar-refractivity contribution in [1.82, 2.24) is 4.90 Å². The quantitative estimate of drug-likeness (QED) is 0.695. The maximum Gasteiger partial charge on any atom is 0.226 e. The van der Waals surface area contributed by atoms with Gasteiger partial charge in [-0.05, 0) is 30.6 Å². The molecule has 0 radical (unpaired) electrons. The Balaban J connectivity index is 2.56. The highest BCUT2D eigenvalue weighted by molar-refractivity contribution is 6.19. The van der Waals surface area contributed by atoms with E-state index in [1.54, 1.807) is 0 Å².